The summed E-state index contributed by atoms with van der Waals surface area (Å²) in [5.41, 5.74) is 5.63. The van der Waals surface area contributed by atoms with Crippen molar-refractivity contribution in [1.82, 2.24) is 9.38 Å². The van der Waals surface area contributed by atoms with Gasteiger partial charge in [0.25, 0.3) is 0 Å². The highest BCUT2D eigenvalue weighted by atomic mass is 32.1. The average molecular weight is 382 g/mol. The predicted octanol–water partition coefficient (Wildman–Crippen LogP) is 6.41. The van der Waals surface area contributed by atoms with Crippen LogP contribution in [0.5, 0.6) is 5.75 Å². The van der Waals surface area contributed by atoms with Crippen molar-refractivity contribution in [1.29, 1.82) is 0 Å². The number of imidazole rings is 1. The second-order valence-electron chi connectivity index (χ2n) is 6.52. The van der Waals surface area contributed by atoms with Crippen LogP contribution in [0.25, 0.3) is 37.9 Å². The fraction of sp³-hybridized carbons (Fsp3) is 0.0417. The first-order valence-electron chi connectivity index (χ1n) is 9.10. The van der Waals surface area contributed by atoms with Gasteiger partial charge < -0.3 is 4.74 Å². The Morgan fingerprint density at radius 3 is 2.04 bits per heavy atom. The van der Waals surface area contributed by atoms with Crippen LogP contribution in [0.1, 0.15) is 0 Å². The summed E-state index contributed by atoms with van der Waals surface area (Å²) < 4.78 is 7.52. The minimum atomic E-state index is 0.859. The van der Waals surface area contributed by atoms with Crippen LogP contribution in [-0.2, 0) is 0 Å². The largest absolute Gasteiger partial charge is 0.497 e. The molecule has 0 aliphatic heterocycles. The van der Waals surface area contributed by atoms with E-state index in [1.54, 1.807) is 18.4 Å². The van der Waals surface area contributed by atoms with Crippen molar-refractivity contribution in [2.24, 2.45) is 0 Å². The van der Waals surface area contributed by atoms with Gasteiger partial charge in [-0.2, -0.15) is 0 Å². The van der Waals surface area contributed by atoms with E-state index in [4.69, 9.17) is 9.72 Å². The average Bonchev–Trinajstić information content (AvgIpc) is 3.33. The van der Waals surface area contributed by atoms with Crippen molar-refractivity contribution in [3.8, 4) is 38.7 Å². The lowest BCUT2D eigenvalue weighted by molar-refractivity contribution is 0.415. The van der Waals surface area contributed by atoms with Gasteiger partial charge >= 0.3 is 0 Å². The smallest absolute Gasteiger partial charge is 0.195 e. The molecule has 0 atom stereocenters. The number of rotatable bonds is 4. The number of ether oxygens (including phenoxy) is 1. The number of aromatic nitrogens is 2. The molecule has 0 amide bonds. The van der Waals surface area contributed by atoms with E-state index in [2.05, 4.69) is 59.1 Å². The molecule has 2 heterocycles. The van der Waals surface area contributed by atoms with Crippen LogP contribution in [-0.4, -0.2) is 16.5 Å². The van der Waals surface area contributed by atoms with E-state index in [1.165, 1.54) is 16.1 Å². The van der Waals surface area contributed by atoms with Gasteiger partial charge in [0, 0.05) is 17.3 Å². The summed E-state index contributed by atoms with van der Waals surface area (Å²) in [5.74, 6) is 0.859. The predicted molar refractivity (Wildman–Crippen MR) is 116 cm³/mol. The second-order valence-corrected chi connectivity index (χ2v) is 7.50. The van der Waals surface area contributed by atoms with Gasteiger partial charge in [-0.15, -0.1) is 0 Å². The number of thiazole rings is 1. The zero-order chi connectivity index (χ0) is 18.9. The highest BCUT2D eigenvalue weighted by Gasteiger charge is 2.18. The minimum absolute atomic E-state index is 0.859. The van der Waals surface area contributed by atoms with Crippen LogP contribution in [0.15, 0.2) is 91.1 Å². The third kappa shape index (κ3) is 2.88. The Morgan fingerprint density at radius 2 is 1.39 bits per heavy atom. The van der Waals surface area contributed by atoms with Crippen molar-refractivity contribution in [2.45, 2.75) is 0 Å². The molecule has 0 bridgehead atoms. The Labute approximate surface area is 167 Å². The molecule has 0 unspecified atom stereocenters. The van der Waals surface area contributed by atoms with Gasteiger partial charge in [-0.3, -0.25) is 4.40 Å². The molecule has 0 saturated heterocycles. The van der Waals surface area contributed by atoms with Crippen LogP contribution < -0.4 is 4.74 Å². The number of hydrogen-bond acceptors (Lipinski definition) is 3. The van der Waals surface area contributed by atoms with Gasteiger partial charge in [0.05, 0.1) is 23.4 Å². The molecule has 28 heavy (non-hydrogen) atoms. The second kappa shape index (κ2) is 6.98. The number of benzene rings is 3. The Hall–Kier alpha value is -3.37. The monoisotopic (exact) mass is 382 g/mol. The topological polar surface area (TPSA) is 26.5 Å². The molecule has 0 fully saturated rings. The van der Waals surface area contributed by atoms with E-state index in [0.29, 0.717) is 0 Å². The summed E-state index contributed by atoms with van der Waals surface area (Å²) in [5, 5.41) is 0. The van der Waals surface area contributed by atoms with Crippen molar-refractivity contribution in [3.63, 3.8) is 0 Å². The summed E-state index contributed by atoms with van der Waals surface area (Å²) in [7, 11) is 1.69. The Kier molecular flexibility index (Phi) is 4.18. The molecule has 4 heteroatoms. The molecule has 136 valence electrons. The van der Waals surface area contributed by atoms with E-state index in [-0.39, 0.29) is 0 Å². The molecule has 0 aliphatic rings. The molecular formula is C24H18N2OS. The van der Waals surface area contributed by atoms with Crippen molar-refractivity contribution in [2.75, 3.05) is 7.11 Å². The van der Waals surface area contributed by atoms with Crippen LogP contribution in [0.4, 0.5) is 0 Å². The zero-order valence-corrected chi connectivity index (χ0v) is 16.2. The molecule has 3 aromatic carbocycles. The van der Waals surface area contributed by atoms with Crippen molar-refractivity contribution in [3.05, 3.63) is 91.1 Å². The number of hydrogen-bond donors (Lipinski definition) is 0. The first kappa shape index (κ1) is 16.8. The minimum Gasteiger partial charge on any atom is -0.497 e. The van der Waals surface area contributed by atoms with E-state index >= 15 is 0 Å². The molecule has 5 aromatic rings. The van der Waals surface area contributed by atoms with Crippen LogP contribution in [0.2, 0.25) is 0 Å². The molecule has 3 nitrogen and oxygen atoms in total. The molecule has 0 aliphatic carbocycles. The maximum atomic E-state index is 5.31. The van der Waals surface area contributed by atoms with Crippen molar-refractivity contribution < 1.29 is 4.74 Å². The first-order valence-corrected chi connectivity index (χ1v) is 9.92. The molecule has 0 radical (unpaired) electrons. The van der Waals surface area contributed by atoms with Gasteiger partial charge in [0.2, 0.25) is 0 Å². The van der Waals surface area contributed by atoms with Crippen LogP contribution in [0.3, 0.4) is 0 Å². The van der Waals surface area contributed by atoms with E-state index in [9.17, 15) is 0 Å². The summed E-state index contributed by atoms with van der Waals surface area (Å²) in [6.07, 6.45) is 2.14. The van der Waals surface area contributed by atoms with Gasteiger partial charge in [-0.25, -0.2) is 4.98 Å². The summed E-state index contributed by atoms with van der Waals surface area (Å²) >= 11 is 1.71. The lowest BCUT2D eigenvalue weighted by Gasteiger charge is -2.06. The maximum Gasteiger partial charge on any atom is 0.195 e. The highest BCUT2D eigenvalue weighted by Crippen LogP contribution is 2.40. The number of nitrogens with zero attached hydrogens (tertiary/aromatic N) is 2. The Balaban J connectivity index is 1.72. The molecule has 0 N–H and O–H groups in total. The third-order valence-corrected chi connectivity index (χ3v) is 5.90. The fourth-order valence-corrected chi connectivity index (χ4v) is 4.53. The van der Waals surface area contributed by atoms with E-state index in [1.807, 2.05) is 36.4 Å². The van der Waals surface area contributed by atoms with E-state index in [0.717, 1.165) is 27.5 Å². The molecule has 2 aromatic heterocycles. The van der Waals surface area contributed by atoms with Crippen molar-refractivity contribution >= 4 is 16.3 Å². The highest BCUT2D eigenvalue weighted by molar-refractivity contribution is 7.20. The summed E-state index contributed by atoms with van der Waals surface area (Å²) in [6.45, 7) is 0. The summed E-state index contributed by atoms with van der Waals surface area (Å²) in [6, 6.07) is 29.0. The van der Waals surface area contributed by atoms with Gasteiger partial charge in [-0.05, 0) is 29.8 Å². The van der Waals surface area contributed by atoms with Gasteiger partial charge in [0.15, 0.2) is 4.96 Å². The molecular weight excluding hydrogens is 364 g/mol. The third-order valence-electron chi connectivity index (χ3n) is 4.79. The molecule has 0 spiro atoms. The van der Waals surface area contributed by atoms with Crippen LogP contribution in [0, 0.1) is 0 Å². The maximum absolute atomic E-state index is 5.31. The Bertz CT molecular complexity index is 1220. The van der Waals surface area contributed by atoms with E-state index < -0.39 is 0 Å². The lowest BCUT2D eigenvalue weighted by atomic mass is 10.1. The van der Waals surface area contributed by atoms with Gasteiger partial charge in [-0.1, -0.05) is 72.0 Å². The number of methoxy groups -OCH3 is 1. The lowest BCUT2D eigenvalue weighted by Crippen LogP contribution is -1.87. The SMILES string of the molecule is COc1ccc(-c2sc3nc(-c4ccccc4)cn3c2-c2ccccc2)cc1. The van der Waals surface area contributed by atoms with Crippen LogP contribution >= 0.6 is 11.3 Å². The standard InChI is InChI=1S/C24H18N2OS/c1-27-20-14-12-19(13-15-20)23-22(18-10-6-3-7-11-18)26-16-21(25-24(26)28-23)17-8-4-2-5-9-17/h2-16H,1H3. The molecule has 5 rings (SSSR count). The summed E-state index contributed by atoms with van der Waals surface area (Å²) in [4.78, 5) is 7.10. The quantitative estimate of drug-likeness (QED) is 0.359. The zero-order valence-electron chi connectivity index (χ0n) is 15.4. The first-order chi connectivity index (χ1) is 13.8. The molecule has 0 saturated carbocycles. The fourth-order valence-electron chi connectivity index (χ4n) is 3.40. The normalized spacial score (nSPS) is 11.0. The Morgan fingerprint density at radius 1 is 0.750 bits per heavy atom. The van der Waals surface area contributed by atoms with Gasteiger partial charge in [0.1, 0.15) is 5.75 Å². The number of fused-ring (bicyclic) bond motifs is 1.